The molecule has 0 unspecified atom stereocenters. The molecule has 2 amide bonds. The van der Waals surface area contributed by atoms with Crippen molar-refractivity contribution in [2.75, 3.05) is 11.9 Å². The van der Waals surface area contributed by atoms with E-state index < -0.39 is 0 Å². The number of rotatable bonds is 2. The highest BCUT2D eigenvalue weighted by molar-refractivity contribution is 6.42. The van der Waals surface area contributed by atoms with E-state index in [1.54, 1.807) is 18.2 Å². The van der Waals surface area contributed by atoms with E-state index in [0.29, 0.717) is 15.7 Å². The normalized spacial score (nSPS) is 17.5. The third kappa shape index (κ3) is 3.21. The Bertz CT molecular complexity index is 676. The van der Waals surface area contributed by atoms with Gasteiger partial charge in [-0.15, -0.1) is 0 Å². The Kier molecular flexibility index (Phi) is 4.55. The van der Waals surface area contributed by atoms with Gasteiger partial charge in [0.05, 0.1) is 16.1 Å². The molecule has 0 aliphatic carbocycles. The first-order chi connectivity index (χ1) is 10.6. The van der Waals surface area contributed by atoms with Crippen LogP contribution in [0.2, 0.25) is 10.0 Å². The topological polar surface area (TPSA) is 32.3 Å². The molecule has 0 bridgehead atoms. The molecule has 1 fully saturated rings. The third-order valence-corrected chi connectivity index (χ3v) is 4.61. The second kappa shape index (κ2) is 6.59. The Morgan fingerprint density at radius 2 is 1.86 bits per heavy atom. The minimum atomic E-state index is -0.107. The third-order valence-electron chi connectivity index (χ3n) is 3.87. The van der Waals surface area contributed by atoms with Crippen molar-refractivity contribution in [1.82, 2.24) is 4.90 Å². The monoisotopic (exact) mass is 334 g/mol. The number of urea groups is 1. The molecule has 2 aromatic carbocycles. The summed E-state index contributed by atoms with van der Waals surface area (Å²) in [6.07, 6.45) is 1.99. The Labute approximate surface area is 139 Å². The molecule has 1 aliphatic rings. The molecule has 3 nitrogen and oxygen atoms in total. The van der Waals surface area contributed by atoms with Crippen LogP contribution in [0.4, 0.5) is 10.5 Å². The number of nitrogens with zero attached hydrogens (tertiary/aromatic N) is 1. The molecular formula is C17H16Cl2N2O. The highest BCUT2D eigenvalue weighted by Gasteiger charge is 2.29. The number of benzene rings is 2. The summed E-state index contributed by atoms with van der Waals surface area (Å²) in [5, 5.41) is 3.80. The lowest BCUT2D eigenvalue weighted by Gasteiger charge is -2.25. The largest absolute Gasteiger partial charge is 0.322 e. The van der Waals surface area contributed by atoms with Crippen molar-refractivity contribution in [3.63, 3.8) is 0 Å². The fourth-order valence-corrected chi connectivity index (χ4v) is 3.10. The van der Waals surface area contributed by atoms with Gasteiger partial charge in [0.25, 0.3) is 0 Å². The number of anilines is 1. The van der Waals surface area contributed by atoms with Crippen molar-refractivity contribution >= 4 is 34.9 Å². The van der Waals surface area contributed by atoms with Crippen LogP contribution in [0.25, 0.3) is 0 Å². The maximum absolute atomic E-state index is 12.5. The lowest BCUT2D eigenvalue weighted by molar-refractivity contribution is 0.207. The molecule has 1 saturated heterocycles. The zero-order chi connectivity index (χ0) is 15.5. The molecular weight excluding hydrogens is 319 g/mol. The Morgan fingerprint density at radius 1 is 1.09 bits per heavy atom. The van der Waals surface area contributed by atoms with Gasteiger partial charge in [-0.2, -0.15) is 0 Å². The molecule has 1 heterocycles. The highest BCUT2D eigenvalue weighted by Crippen LogP contribution is 2.32. The summed E-state index contributed by atoms with van der Waals surface area (Å²) >= 11 is 11.9. The number of halogens is 2. The van der Waals surface area contributed by atoms with Gasteiger partial charge in [0.1, 0.15) is 0 Å². The van der Waals surface area contributed by atoms with Crippen LogP contribution in [-0.4, -0.2) is 17.5 Å². The molecule has 0 radical (unpaired) electrons. The zero-order valence-electron chi connectivity index (χ0n) is 11.9. The number of carbonyl (C=O) groups is 1. The van der Waals surface area contributed by atoms with E-state index in [9.17, 15) is 4.79 Å². The molecule has 0 spiro atoms. The summed E-state index contributed by atoms with van der Waals surface area (Å²) in [6.45, 7) is 0.757. The first-order valence-electron chi connectivity index (χ1n) is 7.23. The average molecular weight is 335 g/mol. The Morgan fingerprint density at radius 3 is 2.59 bits per heavy atom. The van der Waals surface area contributed by atoms with Crippen molar-refractivity contribution in [3.8, 4) is 0 Å². The molecule has 3 rings (SSSR count). The molecule has 2 aromatic rings. The van der Waals surface area contributed by atoms with Crippen molar-refractivity contribution in [2.45, 2.75) is 18.9 Å². The number of nitrogens with one attached hydrogen (secondary N) is 1. The number of likely N-dealkylation sites (tertiary alicyclic amines) is 1. The lowest BCUT2D eigenvalue weighted by Crippen LogP contribution is -2.34. The number of hydrogen-bond acceptors (Lipinski definition) is 1. The fourth-order valence-electron chi connectivity index (χ4n) is 2.80. The quantitative estimate of drug-likeness (QED) is 0.787. The predicted molar refractivity (Wildman–Crippen MR) is 90.6 cm³/mol. The predicted octanol–water partition coefficient (Wildman–Crippen LogP) is 5.36. The highest BCUT2D eigenvalue weighted by atomic mass is 35.5. The number of amides is 2. The molecule has 0 aromatic heterocycles. The van der Waals surface area contributed by atoms with Crippen molar-refractivity contribution < 1.29 is 4.79 Å². The SMILES string of the molecule is O=C(Nc1ccc(Cl)c(Cl)c1)N1CCC[C@@H]1c1ccccc1. The van der Waals surface area contributed by atoms with E-state index >= 15 is 0 Å². The van der Waals surface area contributed by atoms with Crippen LogP contribution in [0.5, 0.6) is 0 Å². The van der Waals surface area contributed by atoms with E-state index in [0.717, 1.165) is 19.4 Å². The van der Waals surface area contributed by atoms with Crippen LogP contribution < -0.4 is 5.32 Å². The average Bonchev–Trinajstić information content (AvgIpc) is 3.01. The van der Waals surface area contributed by atoms with Gasteiger partial charge < -0.3 is 10.2 Å². The van der Waals surface area contributed by atoms with E-state index in [4.69, 9.17) is 23.2 Å². The number of hydrogen-bond donors (Lipinski definition) is 1. The summed E-state index contributed by atoms with van der Waals surface area (Å²) in [4.78, 5) is 14.4. The van der Waals surface area contributed by atoms with Crippen LogP contribution in [-0.2, 0) is 0 Å². The van der Waals surface area contributed by atoms with Crippen molar-refractivity contribution in [3.05, 3.63) is 64.1 Å². The first-order valence-corrected chi connectivity index (χ1v) is 7.98. The number of carbonyl (C=O) groups excluding carboxylic acids is 1. The minimum Gasteiger partial charge on any atom is -0.317 e. The van der Waals surface area contributed by atoms with Gasteiger partial charge >= 0.3 is 6.03 Å². The minimum absolute atomic E-state index is 0.107. The maximum atomic E-state index is 12.5. The molecule has 1 atom stereocenters. The summed E-state index contributed by atoms with van der Waals surface area (Å²) in [5.74, 6) is 0. The zero-order valence-corrected chi connectivity index (χ0v) is 13.4. The second-order valence-corrected chi connectivity index (χ2v) is 6.14. The summed E-state index contributed by atoms with van der Waals surface area (Å²) in [5.41, 5.74) is 1.82. The second-order valence-electron chi connectivity index (χ2n) is 5.32. The van der Waals surface area contributed by atoms with Crippen LogP contribution in [0.15, 0.2) is 48.5 Å². The van der Waals surface area contributed by atoms with E-state index in [-0.39, 0.29) is 12.1 Å². The van der Waals surface area contributed by atoms with E-state index in [1.807, 2.05) is 23.1 Å². The summed E-state index contributed by atoms with van der Waals surface area (Å²) in [7, 11) is 0. The molecule has 1 aliphatic heterocycles. The van der Waals surface area contributed by atoms with E-state index in [1.165, 1.54) is 5.56 Å². The van der Waals surface area contributed by atoms with Crippen LogP contribution >= 0.6 is 23.2 Å². The molecule has 0 saturated carbocycles. The fraction of sp³-hybridized carbons (Fsp3) is 0.235. The van der Waals surface area contributed by atoms with Gasteiger partial charge in [0.15, 0.2) is 0 Å². The van der Waals surface area contributed by atoms with Gasteiger partial charge in [0, 0.05) is 12.2 Å². The standard InChI is InChI=1S/C17H16Cl2N2O/c18-14-9-8-13(11-15(14)19)20-17(22)21-10-4-7-16(21)12-5-2-1-3-6-12/h1-3,5-6,8-9,11,16H,4,7,10H2,(H,20,22)/t16-/m1/s1. The molecule has 1 N–H and O–H groups in total. The smallest absolute Gasteiger partial charge is 0.317 e. The van der Waals surface area contributed by atoms with Crippen molar-refractivity contribution in [2.24, 2.45) is 0 Å². The molecule has 5 heteroatoms. The van der Waals surface area contributed by atoms with Crippen LogP contribution in [0, 0.1) is 0 Å². The van der Waals surface area contributed by atoms with Crippen molar-refractivity contribution in [1.29, 1.82) is 0 Å². The maximum Gasteiger partial charge on any atom is 0.322 e. The summed E-state index contributed by atoms with van der Waals surface area (Å²) in [6, 6.07) is 15.2. The van der Waals surface area contributed by atoms with Crippen LogP contribution in [0.3, 0.4) is 0 Å². The Balaban J connectivity index is 1.75. The van der Waals surface area contributed by atoms with Gasteiger partial charge in [-0.25, -0.2) is 4.79 Å². The molecule has 22 heavy (non-hydrogen) atoms. The van der Waals surface area contributed by atoms with Crippen LogP contribution in [0.1, 0.15) is 24.4 Å². The van der Waals surface area contributed by atoms with Gasteiger partial charge in [-0.1, -0.05) is 53.5 Å². The Hall–Kier alpha value is -1.71. The lowest BCUT2D eigenvalue weighted by atomic mass is 10.1. The van der Waals surface area contributed by atoms with Gasteiger partial charge in [-0.3, -0.25) is 0 Å². The van der Waals surface area contributed by atoms with Gasteiger partial charge in [0.2, 0.25) is 0 Å². The first kappa shape index (κ1) is 15.2. The molecule has 114 valence electrons. The summed E-state index contributed by atoms with van der Waals surface area (Å²) < 4.78 is 0. The van der Waals surface area contributed by atoms with Gasteiger partial charge in [-0.05, 0) is 36.6 Å². The van der Waals surface area contributed by atoms with E-state index in [2.05, 4.69) is 17.4 Å².